The molecule has 3 aromatic rings. The van der Waals surface area contributed by atoms with Crippen LogP contribution in [-0.4, -0.2) is 17.0 Å². The summed E-state index contributed by atoms with van der Waals surface area (Å²) in [6.07, 6.45) is 2.81. The van der Waals surface area contributed by atoms with Crippen molar-refractivity contribution in [1.29, 1.82) is 0 Å². The number of ether oxygens (including phenoxy) is 1. The monoisotopic (exact) mass is 369 g/mol. The summed E-state index contributed by atoms with van der Waals surface area (Å²) in [4.78, 5) is 12.8. The van der Waals surface area contributed by atoms with Gasteiger partial charge in [0, 0.05) is 34.6 Å². The molecule has 3 rings (SSSR count). The number of ketones is 1. The summed E-state index contributed by atoms with van der Waals surface area (Å²) >= 11 is 6.11. The largest absolute Gasteiger partial charge is 0.492 e. The Bertz CT molecular complexity index is 921. The van der Waals surface area contributed by atoms with Crippen LogP contribution in [0.5, 0.6) is 5.75 Å². The van der Waals surface area contributed by atoms with Crippen molar-refractivity contribution >= 4 is 28.3 Å². The molecule has 0 fully saturated rings. The van der Waals surface area contributed by atoms with Gasteiger partial charge in [0.05, 0.1) is 11.6 Å². The number of rotatable bonds is 6. The molecule has 26 heavy (non-hydrogen) atoms. The fourth-order valence-electron chi connectivity index (χ4n) is 3.00. The quantitative estimate of drug-likeness (QED) is 0.394. The molecular formula is C22H24ClNO2. The number of nitrogens with zero attached hydrogens (tertiary/aromatic N) is 1. The number of aromatic nitrogens is 1. The summed E-state index contributed by atoms with van der Waals surface area (Å²) in [6, 6.07) is 15.5. The smallest absolute Gasteiger partial charge is 0.170 e. The minimum atomic E-state index is -0.401. The van der Waals surface area contributed by atoms with E-state index in [9.17, 15) is 4.79 Å². The molecule has 1 aromatic heterocycles. The molecule has 136 valence electrons. The molecule has 3 nitrogen and oxygen atoms in total. The highest BCUT2D eigenvalue weighted by molar-refractivity contribution is 6.32. The van der Waals surface area contributed by atoms with Gasteiger partial charge in [-0.3, -0.25) is 4.79 Å². The zero-order valence-corrected chi connectivity index (χ0v) is 16.2. The van der Waals surface area contributed by atoms with Crippen molar-refractivity contribution in [3.05, 3.63) is 65.3 Å². The predicted octanol–water partition coefficient (Wildman–Crippen LogP) is 5.99. The molecule has 0 aliphatic carbocycles. The van der Waals surface area contributed by atoms with Crippen LogP contribution in [0, 0.1) is 5.41 Å². The highest BCUT2D eigenvalue weighted by Crippen LogP contribution is 2.29. The molecular weight excluding hydrogens is 346 g/mol. The standard InChI is InChI=1S/C22H24ClNO2/c1-22(2,3)21(25)17-15-24(19-11-6-4-9-16(17)19)13-8-14-26-20-12-7-5-10-18(20)23/h4-7,9-12,15H,8,13-14H2,1-3H3. The number of Topliss-reactive ketones (excluding diaryl/α,β-unsaturated/α-hetero) is 1. The third kappa shape index (κ3) is 3.94. The summed E-state index contributed by atoms with van der Waals surface area (Å²) < 4.78 is 7.91. The molecule has 2 aromatic carbocycles. The Morgan fingerprint density at radius 1 is 1.08 bits per heavy atom. The van der Waals surface area contributed by atoms with Gasteiger partial charge in [0.2, 0.25) is 0 Å². The van der Waals surface area contributed by atoms with Crippen LogP contribution in [0.3, 0.4) is 0 Å². The van der Waals surface area contributed by atoms with E-state index in [-0.39, 0.29) is 5.78 Å². The third-order valence-corrected chi connectivity index (χ3v) is 4.66. The maximum Gasteiger partial charge on any atom is 0.170 e. The molecule has 0 radical (unpaired) electrons. The zero-order valence-electron chi connectivity index (χ0n) is 15.5. The number of carbonyl (C=O) groups excluding carboxylic acids is 1. The van der Waals surface area contributed by atoms with Crippen molar-refractivity contribution in [2.75, 3.05) is 6.61 Å². The van der Waals surface area contributed by atoms with Crippen LogP contribution < -0.4 is 4.74 Å². The first kappa shape index (κ1) is 18.5. The van der Waals surface area contributed by atoms with E-state index in [4.69, 9.17) is 16.3 Å². The second kappa shape index (κ2) is 7.55. The van der Waals surface area contributed by atoms with E-state index < -0.39 is 5.41 Å². The van der Waals surface area contributed by atoms with Crippen molar-refractivity contribution in [1.82, 2.24) is 4.57 Å². The van der Waals surface area contributed by atoms with Gasteiger partial charge in [0.25, 0.3) is 0 Å². The molecule has 0 aliphatic heterocycles. The van der Waals surface area contributed by atoms with Gasteiger partial charge in [0.1, 0.15) is 5.75 Å². The zero-order chi connectivity index (χ0) is 18.7. The Labute approximate surface area is 159 Å². The average molecular weight is 370 g/mol. The fourth-order valence-corrected chi connectivity index (χ4v) is 3.19. The van der Waals surface area contributed by atoms with Crippen LogP contribution in [0.15, 0.2) is 54.7 Å². The number of para-hydroxylation sites is 2. The van der Waals surface area contributed by atoms with Gasteiger partial charge >= 0.3 is 0 Å². The van der Waals surface area contributed by atoms with Gasteiger partial charge in [0.15, 0.2) is 5.78 Å². The van der Waals surface area contributed by atoms with Crippen molar-refractivity contribution in [2.24, 2.45) is 5.41 Å². The minimum Gasteiger partial charge on any atom is -0.492 e. The van der Waals surface area contributed by atoms with Crippen molar-refractivity contribution in [2.45, 2.75) is 33.7 Å². The molecule has 0 saturated carbocycles. The lowest BCUT2D eigenvalue weighted by molar-refractivity contribution is 0.0860. The summed E-state index contributed by atoms with van der Waals surface area (Å²) in [7, 11) is 0. The van der Waals surface area contributed by atoms with Gasteiger partial charge in [-0.2, -0.15) is 0 Å². The van der Waals surface area contributed by atoms with E-state index in [1.54, 1.807) is 0 Å². The molecule has 0 saturated heterocycles. The molecule has 0 unspecified atom stereocenters. The summed E-state index contributed by atoms with van der Waals surface area (Å²) in [6.45, 7) is 7.22. The van der Waals surface area contributed by atoms with E-state index >= 15 is 0 Å². The van der Waals surface area contributed by atoms with Gasteiger partial charge in [-0.25, -0.2) is 0 Å². The highest BCUT2D eigenvalue weighted by atomic mass is 35.5. The van der Waals surface area contributed by atoms with Gasteiger partial charge in [-0.1, -0.05) is 62.7 Å². The van der Waals surface area contributed by atoms with Crippen molar-refractivity contribution in [3.63, 3.8) is 0 Å². The Morgan fingerprint density at radius 3 is 2.50 bits per heavy atom. The van der Waals surface area contributed by atoms with Crippen LogP contribution in [0.1, 0.15) is 37.6 Å². The molecule has 0 aliphatic rings. The van der Waals surface area contributed by atoms with Crippen LogP contribution in [-0.2, 0) is 6.54 Å². The lowest BCUT2D eigenvalue weighted by atomic mass is 9.86. The topological polar surface area (TPSA) is 31.2 Å². The summed E-state index contributed by atoms with van der Waals surface area (Å²) in [5.74, 6) is 0.870. The van der Waals surface area contributed by atoms with E-state index in [0.717, 1.165) is 29.4 Å². The SMILES string of the molecule is CC(C)(C)C(=O)c1cn(CCCOc2ccccc2Cl)c2ccccc12. The normalized spacial score (nSPS) is 11.7. The number of carbonyl (C=O) groups is 1. The Hall–Kier alpha value is -2.26. The molecule has 0 atom stereocenters. The number of halogens is 1. The van der Waals surface area contributed by atoms with Crippen LogP contribution in [0.25, 0.3) is 10.9 Å². The van der Waals surface area contributed by atoms with Crippen molar-refractivity contribution in [3.8, 4) is 5.75 Å². The highest BCUT2D eigenvalue weighted by Gasteiger charge is 2.26. The van der Waals surface area contributed by atoms with Crippen LogP contribution >= 0.6 is 11.6 Å². The average Bonchev–Trinajstić information content (AvgIpc) is 2.97. The Morgan fingerprint density at radius 2 is 1.77 bits per heavy atom. The minimum absolute atomic E-state index is 0.166. The molecule has 0 bridgehead atoms. The third-order valence-electron chi connectivity index (χ3n) is 4.35. The number of fused-ring (bicyclic) bond motifs is 1. The van der Waals surface area contributed by atoms with Crippen LogP contribution in [0.4, 0.5) is 0 Å². The maximum atomic E-state index is 12.8. The van der Waals surface area contributed by atoms with Crippen LogP contribution in [0.2, 0.25) is 5.02 Å². The first-order valence-electron chi connectivity index (χ1n) is 8.88. The summed E-state index contributed by atoms with van der Waals surface area (Å²) in [5.41, 5.74) is 1.47. The molecule has 0 amide bonds. The molecule has 0 N–H and O–H groups in total. The molecule has 4 heteroatoms. The van der Waals surface area contributed by atoms with E-state index in [1.165, 1.54) is 0 Å². The van der Waals surface area contributed by atoms with Gasteiger partial charge in [-0.05, 0) is 24.6 Å². The lowest BCUT2D eigenvalue weighted by Gasteiger charge is -2.15. The Kier molecular flexibility index (Phi) is 5.38. The predicted molar refractivity (Wildman–Crippen MR) is 107 cm³/mol. The van der Waals surface area contributed by atoms with Gasteiger partial charge < -0.3 is 9.30 Å². The Balaban J connectivity index is 1.74. The maximum absolute atomic E-state index is 12.8. The van der Waals surface area contributed by atoms with Gasteiger partial charge in [-0.15, -0.1) is 0 Å². The second-order valence-electron chi connectivity index (χ2n) is 7.46. The van der Waals surface area contributed by atoms with Crippen molar-refractivity contribution < 1.29 is 9.53 Å². The second-order valence-corrected chi connectivity index (χ2v) is 7.87. The summed E-state index contributed by atoms with van der Waals surface area (Å²) in [5, 5.41) is 1.64. The first-order valence-corrected chi connectivity index (χ1v) is 9.26. The number of aryl methyl sites for hydroxylation is 1. The first-order chi connectivity index (χ1) is 12.4. The van der Waals surface area contributed by atoms with E-state index in [2.05, 4.69) is 10.6 Å². The fraction of sp³-hybridized carbons (Fsp3) is 0.318. The molecule has 1 heterocycles. The lowest BCUT2D eigenvalue weighted by Crippen LogP contribution is -2.19. The van der Waals surface area contributed by atoms with E-state index in [0.29, 0.717) is 17.4 Å². The molecule has 0 spiro atoms. The number of benzene rings is 2. The number of hydrogen-bond acceptors (Lipinski definition) is 2. The number of hydrogen-bond donors (Lipinski definition) is 0. The van der Waals surface area contributed by atoms with E-state index in [1.807, 2.05) is 69.4 Å².